The van der Waals surface area contributed by atoms with E-state index in [9.17, 15) is 10.1 Å². The maximum absolute atomic E-state index is 12.2. The molecular weight excluding hydrogens is 463 g/mol. The largest absolute Gasteiger partial charge is 0.478 e. The van der Waals surface area contributed by atoms with Crippen molar-refractivity contribution in [2.75, 3.05) is 26.3 Å². The van der Waals surface area contributed by atoms with E-state index in [1.54, 1.807) is 12.1 Å². The van der Waals surface area contributed by atoms with Crippen molar-refractivity contribution in [1.82, 2.24) is 4.90 Å². The molecule has 6 nitrogen and oxygen atoms in total. The monoisotopic (exact) mass is 482 g/mol. The van der Waals surface area contributed by atoms with Gasteiger partial charge in [-0.3, -0.25) is 10.1 Å². The molecule has 1 fully saturated rings. The highest BCUT2D eigenvalue weighted by Crippen LogP contribution is 2.46. The fourth-order valence-electron chi connectivity index (χ4n) is 4.10. The number of para-hydroxylation sites is 1. The second kappa shape index (κ2) is 9.25. The van der Waals surface area contributed by atoms with Crippen molar-refractivity contribution >= 4 is 40.5 Å². The van der Waals surface area contributed by atoms with Crippen molar-refractivity contribution in [3.05, 3.63) is 81.9 Å². The molecular formula is C22H21Cl3N2O4. The highest BCUT2D eigenvalue weighted by atomic mass is 35.6. The lowest BCUT2D eigenvalue weighted by molar-refractivity contribution is -0.536. The van der Waals surface area contributed by atoms with E-state index in [-0.39, 0.29) is 0 Å². The quantitative estimate of drug-likeness (QED) is 0.351. The third-order valence-corrected chi connectivity index (χ3v) is 6.18. The highest BCUT2D eigenvalue weighted by Gasteiger charge is 2.54. The number of rotatable bonds is 4. The van der Waals surface area contributed by atoms with E-state index >= 15 is 0 Å². The summed E-state index contributed by atoms with van der Waals surface area (Å²) in [5, 5.41) is 12.2. The van der Waals surface area contributed by atoms with Crippen LogP contribution in [0.5, 0.6) is 5.75 Å². The number of hydrogen-bond acceptors (Lipinski definition) is 5. The van der Waals surface area contributed by atoms with E-state index < -0.39 is 26.8 Å². The normalized spacial score (nSPS) is 24.3. The van der Waals surface area contributed by atoms with Crippen molar-refractivity contribution in [3.8, 4) is 5.75 Å². The van der Waals surface area contributed by atoms with Crippen LogP contribution >= 0.6 is 34.8 Å². The van der Waals surface area contributed by atoms with Crippen LogP contribution in [0.3, 0.4) is 0 Å². The van der Waals surface area contributed by atoms with Gasteiger partial charge in [0.2, 0.25) is 9.90 Å². The van der Waals surface area contributed by atoms with Crippen LogP contribution in [0.1, 0.15) is 17.0 Å². The molecule has 0 radical (unpaired) electrons. The molecule has 2 heterocycles. The van der Waals surface area contributed by atoms with Gasteiger partial charge in [0, 0.05) is 29.3 Å². The fourth-order valence-corrected chi connectivity index (χ4v) is 4.62. The topological polar surface area (TPSA) is 64.8 Å². The Bertz CT molecular complexity index is 959. The summed E-state index contributed by atoms with van der Waals surface area (Å²) in [5.74, 6) is -0.175. The predicted molar refractivity (Wildman–Crippen MR) is 121 cm³/mol. The summed E-state index contributed by atoms with van der Waals surface area (Å²) in [5.41, 5.74) is 2.54. The average Bonchev–Trinajstić information content (AvgIpc) is 2.77. The van der Waals surface area contributed by atoms with Gasteiger partial charge in [0.15, 0.2) is 0 Å². The number of nitrogens with zero attached hydrogens (tertiary/aromatic N) is 2. The van der Waals surface area contributed by atoms with Gasteiger partial charge in [-0.15, -0.1) is 0 Å². The molecule has 0 spiro atoms. The lowest BCUT2D eigenvalue weighted by atomic mass is 9.84. The van der Waals surface area contributed by atoms with E-state index in [1.807, 2.05) is 48.5 Å². The summed E-state index contributed by atoms with van der Waals surface area (Å²) in [6.07, 6.45) is 0.671. The molecule has 0 saturated carbocycles. The molecule has 0 aliphatic carbocycles. The maximum atomic E-state index is 12.2. The first-order valence-corrected chi connectivity index (χ1v) is 11.1. The van der Waals surface area contributed by atoms with Gasteiger partial charge in [-0.2, -0.15) is 0 Å². The van der Waals surface area contributed by atoms with Gasteiger partial charge in [0.1, 0.15) is 5.75 Å². The minimum Gasteiger partial charge on any atom is -0.478 e. The Hall–Kier alpha value is -1.99. The molecule has 9 heteroatoms. The highest BCUT2D eigenvalue weighted by molar-refractivity contribution is 6.68. The molecule has 164 valence electrons. The summed E-state index contributed by atoms with van der Waals surface area (Å²) in [7, 11) is 0. The molecule has 2 aromatic carbocycles. The SMILES string of the molecule is O=[N+]([O-])[C@H]1[C@@H](/C=C(\c2ccccc2)N2CCOCC2)c2ccccc2O[C@@H]1C(Cl)(Cl)Cl. The van der Waals surface area contributed by atoms with Crippen molar-refractivity contribution in [1.29, 1.82) is 0 Å². The van der Waals surface area contributed by atoms with Gasteiger partial charge in [-0.1, -0.05) is 83.3 Å². The molecule has 1 saturated heterocycles. The minimum atomic E-state index is -1.97. The molecule has 0 aromatic heterocycles. The molecule has 2 aliphatic rings. The number of hydrogen-bond donors (Lipinski definition) is 0. The molecule has 0 bridgehead atoms. The second-order valence-electron chi connectivity index (χ2n) is 7.44. The summed E-state index contributed by atoms with van der Waals surface area (Å²) < 4.78 is 9.37. The number of benzene rings is 2. The van der Waals surface area contributed by atoms with Crippen LogP contribution in [0.4, 0.5) is 0 Å². The van der Waals surface area contributed by atoms with Crippen LogP contribution < -0.4 is 4.74 Å². The van der Waals surface area contributed by atoms with Crippen molar-refractivity contribution < 1.29 is 14.4 Å². The number of halogens is 3. The van der Waals surface area contributed by atoms with E-state index in [1.165, 1.54) is 0 Å². The number of morpholine rings is 1. The number of fused-ring (bicyclic) bond motifs is 1. The first-order chi connectivity index (χ1) is 14.9. The van der Waals surface area contributed by atoms with Crippen molar-refractivity contribution in [2.24, 2.45) is 0 Å². The summed E-state index contributed by atoms with van der Waals surface area (Å²) in [6.45, 7) is 2.54. The van der Waals surface area contributed by atoms with E-state index in [0.29, 0.717) is 37.6 Å². The van der Waals surface area contributed by atoms with Crippen molar-refractivity contribution in [2.45, 2.75) is 21.9 Å². The van der Waals surface area contributed by atoms with Gasteiger partial charge in [-0.25, -0.2) is 0 Å². The number of ether oxygens (including phenoxy) is 2. The summed E-state index contributed by atoms with van der Waals surface area (Å²) in [6, 6.07) is 15.7. The lowest BCUT2D eigenvalue weighted by Gasteiger charge is -2.38. The second-order valence-corrected chi connectivity index (χ2v) is 9.81. The molecule has 3 atom stereocenters. The lowest BCUT2D eigenvalue weighted by Crippen LogP contribution is -2.52. The molecule has 2 aromatic rings. The molecule has 2 aliphatic heterocycles. The summed E-state index contributed by atoms with van der Waals surface area (Å²) >= 11 is 18.4. The number of alkyl halides is 3. The first-order valence-electron chi connectivity index (χ1n) is 9.92. The molecule has 0 unspecified atom stereocenters. The van der Waals surface area contributed by atoms with Crippen molar-refractivity contribution in [3.63, 3.8) is 0 Å². The predicted octanol–water partition coefficient (Wildman–Crippen LogP) is 4.92. The first kappa shape index (κ1) is 22.2. The van der Waals surface area contributed by atoms with Crippen LogP contribution in [0.2, 0.25) is 0 Å². The maximum Gasteiger partial charge on any atom is 0.263 e. The summed E-state index contributed by atoms with van der Waals surface area (Å²) in [4.78, 5) is 14.0. The zero-order chi connectivity index (χ0) is 22.0. The standard InChI is InChI=1S/C22H21Cl3N2O4/c23-22(24,25)21-20(27(28)29)17(16-8-4-5-9-19(16)31-21)14-18(15-6-2-1-3-7-15)26-10-12-30-13-11-26/h1-9,14,17,20-21H,10-13H2/b18-14+/t17-,20-,21-/m0/s1. The third kappa shape index (κ3) is 4.77. The minimum absolute atomic E-state index is 0.411. The van der Waals surface area contributed by atoms with Gasteiger partial charge >= 0.3 is 0 Å². The van der Waals surface area contributed by atoms with E-state index in [4.69, 9.17) is 44.3 Å². The van der Waals surface area contributed by atoms with Gasteiger partial charge in [0.05, 0.1) is 19.1 Å². The average molecular weight is 484 g/mol. The van der Waals surface area contributed by atoms with Crippen LogP contribution in [-0.2, 0) is 4.74 Å². The Labute approximate surface area is 195 Å². The van der Waals surface area contributed by atoms with E-state index in [2.05, 4.69) is 4.90 Å². The Morgan fingerprint density at radius 2 is 1.71 bits per heavy atom. The molecule has 4 rings (SSSR count). The Morgan fingerprint density at radius 1 is 1.06 bits per heavy atom. The molecule has 0 N–H and O–H groups in total. The van der Waals surface area contributed by atoms with Gasteiger partial charge < -0.3 is 14.4 Å². The van der Waals surface area contributed by atoms with Crippen LogP contribution in [0, 0.1) is 10.1 Å². The van der Waals surface area contributed by atoms with Crippen LogP contribution in [0.15, 0.2) is 60.7 Å². The fraction of sp³-hybridized carbons (Fsp3) is 0.364. The van der Waals surface area contributed by atoms with Crippen LogP contribution in [0.25, 0.3) is 5.70 Å². The Morgan fingerprint density at radius 3 is 2.35 bits per heavy atom. The zero-order valence-corrected chi connectivity index (χ0v) is 18.8. The Balaban J connectivity index is 1.88. The molecule has 31 heavy (non-hydrogen) atoms. The van der Waals surface area contributed by atoms with Crippen LogP contribution in [-0.4, -0.2) is 52.1 Å². The zero-order valence-electron chi connectivity index (χ0n) is 16.5. The smallest absolute Gasteiger partial charge is 0.263 e. The van der Waals surface area contributed by atoms with Gasteiger partial charge in [0.25, 0.3) is 6.04 Å². The molecule has 0 amide bonds. The number of nitro groups is 1. The third-order valence-electron chi connectivity index (χ3n) is 5.53. The Kier molecular flexibility index (Phi) is 6.63. The van der Waals surface area contributed by atoms with E-state index in [0.717, 1.165) is 11.3 Å². The van der Waals surface area contributed by atoms with Gasteiger partial charge in [-0.05, 0) is 17.7 Å².